The number of aromatic amines is 1. The van der Waals surface area contributed by atoms with Gasteiger partial charge in [0.2, 0.25) is 0 Å². The number of aryl methyl sites for hydroxylation is 1. The Morgan fingerprint density at radius 3 is 2.50 bits per heavy atom. The van der Waals surface area contributed by atoms with E-state index in [-0.39, 0.29) is 0 Å². The van der Waals surface area contributed by atoms with Gasteiger partial charge in [-0.2, -0.15) is 0 Å². The topological polar surface area (TPSA) is 40.7 Å². The van der Waals surface area contributed by atoms with Crippen LogP contribution in [0, 0.1) is 5.41 Å². The van der Waals surface area contributed by atoms with Gasteiger partial charge in [-0.1, -0.05) is 32.9 Å². The summed E-state index contributed by atoms with van der Waals surface area (Å²) in [5.74, 6) is 0. The number of aromatic nitrogens is 2. The summed E-state index contributed by atoms with van der Waals surface area (Å²) in [7, 11) is 0. The minimum Gasteiger partial charge on any atom is -0.356 e. The molecule has 0 aliphatic heterocycles. The molecule has 3 nitrogen and oxygen atoms in total. The standard InChI is InChI=1S/C23H27N3/c1-4-16-5-7-18(8-6-16)25-22-19-9-12-23(2,3)15-20(19)26-21(22)17-10-13-24-14-11-17/h5-8,10-11,13-14,25-26H,4,9,12,15H2,1-3H3. The van der Waals surface area contributed by atoms with Crippen molar-refractivity contribution in [2.45, 2.75) is 46.5 Å². The van der Waals surface area contributed by atoms with E-state index in [9.17, 15) is 0 Å². The van der Waals surface area contributed by atoms with Crippen molar-refractivity contribution < 1.29 is 0 Å². The molecule has 0 saturated carbocycles. The fourth-order valence-electron chi connectivity index (χ4n) is 3.89. The molecule has 2 aromatic heterocycles. The second kappa shape index (κ2) is 6.64. The van der Waals surface area contributed by atoms with E-state index in [1.54, 1.807) is 0 Å². The third kappa shape index (κ3) is 3.26. The Morgan fingerprint density at radius 1 is 1.08 bits per heavy atom. The number of nitrogens with one attached hydrogen (secondary N) is 2. The molecule has 4 rings (SSSR count). The zero-order chi connectivity index (χ0) is 18.1. The van der Waals surface area contributed by atoms with Gasteiger partial charge in [-0.3, -0.25) is 4.98 Å². The highest BCUT2D eigenvalue weighted by atomic mass is 14.9. The van der Waals surface area contributed by atoms with Gasteiger partial charge in [0, 0.05) is 29.3 Å². The number of benzene rings is 1. The van der Waals surface area contributed by atoms with Crippen LogP contribution >= 0.6 is 0 Å². The predicted molar refractivity (Wildman–Crippen MR) is 109 cm³/mol. The van der Waals surface area contributed by atoms with Gasteiger partial charge >= 0.3 is 0 Å². The molecule has 0 unspecified atom stereocenters. The molecular weight excluding hydrogens is 318 g/mol. The lowest BCUT2D eigenvalue weighted by molar-refractivity contribution is 0.313. The summed E-state index contributed by atoms with van der Waals surface area (Å²) in [5.41, 5.74) is 9.26. The smallest absolute Gasteiger partial charge is 0.0699 e. The molecule has 26 heavy (non-hydrogen) atoms. The molecule has 0 radical (unpaired) electrons. The minimum atomic E-state index is 0.355. The van der Waals surface area contributed by atoms with E-state index < -0.39 is 0 Å². The third-order valence-electron chi connectivity index (χ3n) is 5.50. The van der Waals surface area contributed by atoms with Gasteiger partial charge in [-0.15, -0.1) is 0 Å². The van der Waals surface area contributed by atoms with Crippen LogP contribution in [0.4, 0.5) is 11.4 Å². The first-order chi connectivity index (χ1) is 12.6. The number of rotatable bonds is 4. The summed E-state index contributed by atoms with van der Waals surface area (Å²) in [5, 5.41) is 3.71. The number of nitrogens with zero attached hydrogens (tertiary/aromatic N) is 1. The van der Waals surface area contributed by atoms with Crippen LogP contribution in [0.5, 0.6) is 0 Å². The lowest BCUT2D eigenvalue weighted by atomic mass is 9.76. The molecule has 0 bridgehead atoms. The van der Waals surface area contributed by atoms with Crippen LogP contribution in [0.15, 0.2) is 48.8 Å². The normalized spacial score (nSPS) is 15.5. The molecule has 3 heteroatoms. The minimum absolute atomic E-state index is 0.355. The largest absolute Gasteiger partial charge is 0.356 e. The first-order valence-electron chi connectivity index (χ1n) is 9.56. The van der Waals surface area contributed by atoms with Gasteiger partial charge in [0.25, 0.3) is 0 Å². The van der Waals surface area contributed by atoms with Crippen LogP contribution in [0.3, 0.4) is 0 Å². The predicted octanol–water partition coefficient (Wildman–Crippen LogP) is 5.90. The molecule has 0 amide bonds. The van der Waals surface area contributed by atoms with Gasteiger partial charge in [-0.25, -0.2) is 0 Å². The maximum Gasteiger partial charge on any atom is 0.0699 e. The van der Waals surface area contributed by atoms with Crippen molar-refractivity contribution in [1.29, 1.82) is 0 Å². The Kier molecular flexibility index (Phi) is 4.31. The maximum absolute atomic E-state index is 4.17. The zero-order valence-corrected chi connectivity index (χ0v) is 15.9. The molecular formula is C23H27N3. The average Bonchev–Trinajstić information content (AvgIpc) is 2.99. The highest BCUT2D eigenvalue weighted by Gasteiger charge is 2.30. The third-order valence-corrected chi connectivity index (χ3v) is 5.50. The molecule has 2 N–H and O–H groups in total. The van der Waals surface area contributed by atoms with Gasteiger partial charge < -0.3 is 10.3 Å². The van der Waals surface area contributed by atoms with Crippen LogP contribution in [-0.4, -0.2) is 9.97 Å². The molecule has 1 aliphatic carbocycles. The lowest BCUT2D eigenvalue weighted by Crippen LogP contribution is -2.22. The van der Waals surface area contributed by atoms with Crippen molar-refractivity contribution >= 4 is 11.4 Å². The van der Waals surface area contributed by atoms with Gasteiger partial charge in [-0.05, 0) is 66.5 Å². The quantitative estimate of drug-likeness (QED) is 0.618. The summed E-state index contributed by atoms with van der Waals surface area (Å²) in [6.07, 6.45) is 8.21. The molecule has 1 aliphatic rings. The van der Waals surface area contributed by atoms with Crippen LogP contribution in [0.25, 0.3) is 11.3 Å². The van der Waals surface area contributed by atoms with Crippen LogP contribution in [0.2, 0.25) is 0 Å². The fourth-order valence-corrected chi connectivity index (χ4v) is 3.89. The fraction of sp³-hybridized carbons (Fsp3) is 0.348. The summed E-state index contributed by atoms with van der Waals surface area (Å²) in [6, 6.07) is 12.9. The van der Waals surface area contributed by atoms with Crippen molar-refractivity contribution in [3.63, 3.8) is 0 Å². The van der Waals surface area contributed by atoms with E-state index in [0.29, 0.717) is 5.41 Å². The number of H-pyrrole nitrogens is 1. The van der Waals surface area contributed by atoms with Crippen molar-refractivity contribution in [1.82, 2.24) is 9.97 Å². The first kappa shape index (κ1) is 16.9. The van der Waals surface area contributed by atoms with E-state index >= 15 is 0 Å². The number of hydrogen-bond donors (Lipinski definition) is 2. The van der Waals surface area contributed by atoms with E-state index in [0.717, 1.165) is 24.9 Å². The van der Waals surface area contributed by atoms with Gasteiger partial charge in [0.1, 0.15) is 0 Å². The SMILES string of the molecule is CCc1ccc(Nc2c(-c3ccncc3)[nH]c3c2CCC(C)(C)C3)cc1. The second-order valence-corrected chi connectivity index (χ2v) is 8.08. The van der Waals surface area contributed by atoms with Crippen LogP contribution in [0.1, 0.15) is 44.0 Å². The monoisotopic (exact) mass is 345 g/mol. The van der Waals surface area contributed by atoms with E-state index in [1.165, 1.54) is 40.2 Å². The van der Waals surface area contributed by atoms with Crippen LogP contribution in [-0.2, 0) is 19.3 Å². The van der Waals surface area contributed by atoms with Crippen molar-refractivity contribution in [3.8, 4) is 11.3 Å². The maximum atomic E-state index is 4.17. The van der Waals surface area contributed by atoms with E-state index in [2.05, 4.69) is 72.5 Å². The van der Waals surface area contributed by atoms with Crippen molar-refractivity contribution in [3.05, 3.63) is 65.6 Å². The highest BCUT2D eigenvalue weighted by Crippen LogP contribution is 2.43. The number of fused-ring (bicyclic) bond motifs is 1. The molecule has 2 heterocycles. The summed E-state index contributed by atoms with van der Waals surface area (Å²) >= 11 is 0. The van der Waals surface area contributed by atoms with Gasteiger partial charge in [0.05, 0.1) is 11.4 Å². The van der Waals surface area contributed by atoms with Gasteiger partial charge in [0.15, 0.2) is 0 Å². The highest BCUT2D eigenvalue weighted by molar-refractivity contribution is 5.82. The Hall–Kier alpha value is -2.55. The molecule has 3 aromatic rings. The van der Waals surface area contributed by atoms with E-state index in [4.69, 9.17) is 0 Å². The zero-order valence-electron chi connectivity index (χ0n) is 15.9. The summed E-state index contributed by atoms with van der Waals surface area (Å²) in [6.45, 7) is 6.91. The average molecular weight is 345 g/mol. The molecule has 1 aromatic carbocycles. The second-order valence-electron chi connectivity index (χ2n) is 8.08. The van der Waals surface area contributed by atoms with Crippen molar-refractivity contribution in [2.75, 3.05) is 5.32 Å². The number of anilines is 2. The summed E-state index contributed by atoms with van der Waals surface area (Å²) < 4.78 is 0. The molecule has 134 valence electrons. The Balaban J connectivity index is 1.77. The van der Waals surface area contributed by atoms with Crippen LogP contribution < -0.4 is 5.32 Å². The summed E-state index contributed by atoms with van der Waals surface area (Å²) in [4.78, 5) is 7.90. The molecule has 0 atom stereocenters. The van der Waals surface area contributed by atoms with Crippen molar-refractivity contribution in [2.24, 2.45) is 5.41 Å². The Labute approximate surface area is 155 Å². The first-order valence-corrected chi connectivity index (χ1v) is 9.56. The Bertz CT molecular complexity index is 889. The molecule has 0 saturated heterocycles. The Morgan fingerprint density at radius 2 is 1.81 bits per heavy atom. The number of hydrogen-bond acceptors (Lipinski definition) is 2. The molecule has 0 spiro atoms. The molecule has 0 fully saturated rings. The lowest BCUT2D eigenvalue weighted by Gasteiger charge is -2.29. The van der Waals surface area contributed by atoms with E-state index in [1.807, 2.05) is 12.4 Å². The number of pyridine rings is 1.